The number of imide groups is 1. The summed E-state index contributed by atoms with van der Waals surface area (Å²) in [6, 6.07) is 16.9. The number of hydrogen-bond donors (Lipinski definition) is 3. The van der Waals surface area contributed by atoms with Gasteiger partial charge in [-0.15, -0.1) is 5.10 Å². The first-order valence-corrected chi connectivity index (χ1v) is 21.4. The van der Waals surface area contributed by atoms with E-state index in [1.54, 1.807) is 18.2 Å². The minimum absolute atomic E-state index is 0.0836. The van der Waals surface area contributed by atoms with Gasteiger partial charge in [0.15, 0.2) is 11.5 Å². The predicted molar refractivity (Wildman–Crippen MR) is 234 cm³/mol. The molecule has 0 bridgehead atoms. The molecular weight excluding hydrogens is 794 g/mol. The third-order valence-corrected chi connectivity index (χ3v) is 13.4. The van der Waals surface area contributed by atoms with E-state index in [4.69, 9.17) is 27.4 Å². The highest BCUT2D eigenvalue weighted by atomic mass is 35.5. The van der Waals surface area contributed by atoms with Gasteiger partial charge in [0.2, 0.25) is 5.91 Å². The van der Waals surface area contributed by atoms with Crippen molar-refractivity contribution >= 4 is 63.9 Å². The number of imidazole rings is 1. The molecule has 2 aromatic carbocycles. The fourth-order valence-corrected chi connectivity index (χ4v) is 9.36. The third kappa shape index (κ3) is 7.87. The lowest BCUT2D eigenvalue weighted by Crippen LogP contribution is -2.60. The average Bonchev–Trinajstić information content (AvgIpc) is 3.56. The van der Waals surface area contributed by atoms with Crippen LogP contribution >= 0.6 is 11.6 Å². The van der Waals surface area contributed by atoms with Crippen LogP contribution < -0.4 is 26.2 Å². The van der Waals surface area contributed by atoms with Crippen LogP contribution in [0.25, 0.3) is 16.9 Å². The normalized spacial score (nSPS) is 20.5. The zero-order chi connectivity index (χ0) is 42.6. The molecule has 3 saturated heterocycles. The molecule has 15 nitrogen and oxygen atoms in total. The lowest BCUT2D eigenvalue weighted by Gasteiger charge is -2.54. The molecule has 5 amide bonds. The van der Waals surface area contributed by atoms with E-state index in [2.05, 4.69) is 63.5 Å². The molecule has 61 heavy (non-hydrogen) atoms. The van der Waals surface area contributed by atoms with Crippen molar-refractivity contribution in [2.75, 3.05) is 61.4 Å². The molecule has 4 fully saturated rings. The number of nitrogens with zero attached hydrogens (tertiary/aromatic N) is 8. The molecule has 2 atom stereocenters. The van der Waals surface area contributed by atoms with E-state index in [1.165, 1.54) is 27.6 Å². The Balaban J connectivity index is 0.000000889. The first-order valence-electron chi connectivity index (χ1n) is 21.0. The van der Waals surface area contributed by atoms with Crippen LogP contribution in [0.3, 0.4) is 0 Å². The SMILES string of the molecule is CNc1cc(N2CCc3c(-c4ccc(CN5CC6(CCN(C(=O)c7ccc(Cl)c(N8CCC(=O)NC8=O)c7)CC6)C5)cn4)cccc32)nn2c(C(N)=O)cnc12.C[C@@H]1C[C@@H]1C. The third-order valence-electron chi connectivity index (χ3n) is 13.1. The second-order valence-corrected chi connectivity index (χ2v) is 17.6. The van der Waals surface area contributed by atoms with Gasteiger partial charge in [-0.25, -0.2) is 14.3 Å². The van der Waals surface area contributed by atoms with Crippen molar-refractivity contribution in [2.45, 2.75) is 52.5 Å². The molecule has 5 aliphatic rings. The molecule has 7 heterocycles. The van der Waals surface area contributed by atoms with Crippen LogP contribution in [0.4, 0.5) is 27.7 Å². The van der Waals surface area contributed by atoms with Crippen LogP contribution in [0.2, 0.25) is 5.02 Å². The molecule has 1 aliphatic carbocycles. The van der Waals surface area contributed by atoms with Crippen LogP contribution in [0.1, 0.15) is 71.5 Å². The number of carbonyl (C=O) groups is 4. The van der Waals surface area contributed by atoms with Gasteiger partial charge in [-0.3, -0.25) is 34.5 Å². The van der Waals surface area contributed by atoms with Crippen molar-refractivity contribution in [1.82, 2.24) is 34.7 Å². The minimum Gasteiger partial charge on any atom is -0.385 e. The average molecular weight is 844 g/mol. The summed E-state index contributed by atoms with van der Waals surface area (Å²) in [5, 5.41) is 10.6. The van der Waals surface area contributed by atoms with Gasteiger partial charge in [0, 0.05) is 88.4 Å². The smallest absolute Gasteiger partial charge is 0.328 e. The monoisotopic (exact) mass is 843 g/mol. The largest absolute Gasteiger partial charge is 0.385 e. The first kappa shape index (κ1) is 40.4. The van der Waals surface area contributed by atoms with Crippen molar-refractivity contribution in [3.8, 4) is 11.3 Å². The minimum atomic E-state index is -0.592. The summed E-state index contributed by atoms with van der Waals surface area (Å²) in [7, 11) is 1.81. The molecule has 3 aromatic heterocycles. The highest BCUT2D eigenvalue weighted by Gasteiger charge is 2.45. The Morgan fingerprint density at radius 1 is 0.918 bits per heavy atom. The van der Waals surface area contributed by atoms with Crippen LogP contribution in [0, 0.1) is 17.3 Å². The van der Waals surface area contributed by atoms with Gasteiger partial charge in [-0.05, 0) is 84.4 Å². The number of urea groups is 1. The molecule has 1 saturated carbocycles. The number of pyridine rings is 1. The topological polar surface area (TPSA) is 174 Å². The van der Waals surface area contributed by atoms with E-state index in [1.807, 2.05) is 30.3 Å². The van der Waals surface area contributed by atoms with Gasteiger partial charge in [0.1, 0.15) is 5.69 Å². The summed E-state index contributed by atoms with van der Waals surface area (Å²) in [4.78, 5) is 66.8. The maximum atomic E-state index is 13.5. The van der Waals surface area contributed by atoms with Crippen LogP contribution in [-0.2, 0) is 17.8 Å². The maximum Gasteiger partial charge on any atom is 0.328 e. The fourth-order valence-electron chi connectivity index (χ4n) is 9.14. The summed E-state index contributed by atoms with van der Waals surface area (Å²) in [5.41, 5.74) is 13.6. The molecule has 4 aliphatic heterocycles. The van der Waals surface area contributed by atoms with Crippen LogP contribution in [0.5, 0.6) is 0 Å². The molecule has 0 unspecified atom stereocenters. The molecular formula is C45H50ClN11O4. The Morgan fingerprint density at radius 3 is 2.34 bits per heavy atom. The number of primary amides is 1. The number of fused-ring (bicyclic) bond motifs is 2. The van der Waals surface area contributed by atoms with Crippen LogP contribution in [-0.4, -0.2) is 99.5 Å². The number of rotatable bonds is 8. The van der Waals surface area contributed by atoms with E-state index < -0.39 is 11.9 Å². The molecule has 1 spiro atoms. The molecule has 0 radical (unpaired) electrons. The molecule has 316 valence electrons. The van der Waals surface area contributed by atoms with E-state index in [0.717, 1.165) is 85.5 Å². The summed E-state index contributed by atoms with van der Waals surface area (Å²) < 4.78 is 1.50. The number of likely N-dealkylation sites (tertiary alicyclic amines) is 2. The summed E-state index contributed by atoms with van der Waals surface area (Å²) in [5.74, 6) is 1.79. The number of hydrogen-bond acceptors (Lipinski definition) is 10. The van der Waals surface area contributed by atoms with Crippen LogP contribution in [0.15, 0.2) is 67.0 Å². The predicted octanol–water partition coefficient (Wildman–Crippen LogP) is 6.13. The van der Waals surface area contributed by atoms with Crippen molar-refractivity contribution in [3.63, 3.8) is 0 Å². The number of halogens is 1. The van der Waals surface area contributed by atoms with Crippen molar-refractivity contribution in [2.24, 2.45) is 23.0 Å². The Morgan fingerprint density at radius 2 is 1.67 bits per heavy atom. The summed E-state index contributed by atoms with van der Waals surface area (Å²) in [6.45, 7) is 9.61. The summed E-state index contributed by atoms with van der Waals surface area (Å²) in [6.07, 6.45) is 7.73. The number of aromatic nitrogens is 4. The summed E-state index contributed by atoms with van der Waals surface area (Å²) >= 11 is 6.41. The lowest BCUT2D eigenvalue weighted by atomic mass is 9.72. The second-order valence-electron chi connectivity index (χ2n) is 17.2. The lowest BCUT2D eigenvalue weighted by molar-refractivity contribution is -0.120. The van der Waals surface area contributed by atoms with Gasteiger partial charge in [-0.2, -0.15) is 0 Å². The number of carbonyl (C=O) groups excluding carboxylic acids is 4. The number of anilines is 4. The molecule has 4 N–H and O–H groups in total. The van der Waals surface area contributed by atoms with Crippen molar-refractivity contribution < 1.29 is 19.2 Å². The van der Waals surface area contributed by atoms with E-state index >= 15 is 0 Å². The van der Waals surface area contributed by atoms with Gasteiger partial charge in [-0.1, -0.05) is 43.6 Å². The Hall–Kier alpha value is -6.06. The zero-order valence-electron chi connectivity index (χ0n) is 34.7. The number of benzene rings is 2. The van der Waals surface area contributed by atoms with Crippen molar-refractivity contribution in [1.29, 1.82) is 0 Å². The maximum absolute atomic E-state index is 13.5. The van der Waals surface area contributed by atoms with E-state index in [0.29, 0.717) is 40.8 Å². The highest BCUT2D eigenvalue weighted by molar-refractivity contribution is 6.34. The second kappa shape index (κ2) is 16.1. The van der Waals surface area contributed by atoms with E-state index in [9.17, 15) is 19.2 Å². The number of piperidine rings is 1. The molecule has 5 aromatic rings. The number of nitrogens with two attached hydrogens (primary N) is 1. The van der Waals surface area contributed by atoms with Gasteiger partial charge >= 0.3 is 6.03 Å². The highest BCUT2D eigenvalue weighted by Crippen LogP contribution is 2.43. The van der Waals surface area contributed by atoms with Gasteiger partial charge < -0.3 is 20.9 Å². The van der Waals surface area contributed by atoms with Crippen molar-refractivity contribution in [3.05, 3.63) is 94.4 Å². The molecule has 10 rings (SSSR count). The van der Waals surface area contributed by atoms with Gasteiger partial charge in [0.25, 0.3) is 11.8 Å². The zero-order valence-corrected chi connectivity index (χ0v) is 35.4. The molecule has 16 heteroatoms. The Bertz CT molecular complexity index is 2540. The number of nitrogens with one attached hydrogen (secondary N) is 2. The quantitative estimate of drug-likeness (QED) is 0.165. The van der Waals surface area contributed by atoms with Gasteiger partial charge in [0.05, 0.1) is 28.3 Å². The standard InChI is InChI=1S/C40H40ClN11O4.C5H10/c1-43-30-18-34(47-52-33(36(42)54)20-45-37(30)52)50-13-9-27-26(3-2-4-31(27)50)29-8-5-24(19-44-29)21-48-22-40(23-48)11-15-49(16-12-40)38(55)25-6-7-28(41)32(17-25)51-14-10-35(53)46-39(51)56;1-4-3-5(4)2/h2-8,17-20,43H,9-16,21-23H2,1H3,(H2,42,54)(H,46,53,56);4-5H,3H2,1-2H3/t;4-,5+. The first-order chi connectivity index (χ1) is 29.4. The Kier molecular flexibility index (Phi) is 10.6. The fraction of sp³-hybridized carbons (Fsp3) is 0.400. The Labute approximate surface area is 359 Å². The van der Waals surface area contributed by atoms with E-state index in [-0.39, 0.29) is 35.9 Å². The number of amides is 5.